The van der Waals surface area contributed by atoms with Gasteiger partial charge >= 0.3 is 0 Å². The number of H-pyrrole nitrogens is 1. The SMILES string of the molecule is Cc1cc(-c2[nH]c3cnc(C4CCC(CC5CCOCC5)CC4)c(F)c3c2C(C)C)cn2ncnc12. The second kappa shape index (κ2) is 9.58. The molecule has 36 heavy (non-hydrogen) atoms. The van der Waals surface area contributed by atoms with Crippen molar-refractivity contribution in [1.82, 2.24) is 24.6 Å². The fourth-order valence-corrected chi connectivity index (χ4v) is 6.63. The van der Waals surface area contributed by atoms with Gasteiger partial charge in [-0.15, -0.1) is 0 Å². The summed E-state index contributed by atoms with van der Waals surface area (Å²) >= 11 is 0. The van der Waals surface area contributed by atoms with Gasteiger partial charge in [0.2, 0.25) is 0 Å². The highest BCUT2D eigenvalue weighted by molar-refractivity contribution is 5.92. The smallest absolute Gasteiger partial charge is 0.158 e. The van der Waals surface area contributed by atoms with Gasteiger partial charge in [-0.1, -0.05) is 13.8 Å². The first-order chi connectivity index (χ1) is 17.5. The summed E-state index contributed by atoms with van der Waals surface area (Å²) in [7, 11) is 0. The van der Waals surface area contributed by atoms with E-state index in [0.717, 1.165) is 71.4 Å². The number of pyridine rings is 2. The molecule has 190 valence electrons. The molecule has 1 aliphatic heterocycles. The Hall–Kier alpha value is -2.80. The van der Waals surface area contributed by atoms with Crippen molar-refractivity contribution in [3.05, 3.63) is 47.4 Å². The molecule has 2 aliphatic rings. The van der Waals surface area contributed by atoms with Gasteiger partial charge in [-0.05, 0) is 86.8 Å². The van der Waals surface area contributed by atoms with Crippen LogP contribution in [0.25, 0.3) is 27.8 Å². The van der Waals surface area contributed by atoms with Crippen molar-refractivity contribution in [2.75, 3.05) is 13.2 Å². The first kappa shape index (κ1) is 23.6. The number of nitrogens with one attached hydrogen (secondary N) is 1. The van der Waals surface area contributed by atoms with E-state index in [0.29, 0.717) is 11.1 Å². The molecule has 1 saturated heterocycles. The Morgan fingerprint density at radius 1 is 1.08 bits per heavy atom. The standard InChI is InChI=1S/C29H36FN5O/c1-17(2)24-25-23(34-27(24)22-12-18(3)29-32-16-33-35(29)15-22)14-31-28(26(25)30)21-6-4-19(5-7-21)13-20-8-10-36-11-9-20/h12,14-17,19-21,34H,4-11,13H2,1-3H3. The number of aromatic amines is 1. The number of hydrogen-bond acceptors (Lipinski definition) is 4. The molecular weight excluding hydrogens is 453 g/mol. The highest BCUT2D eigenvalue weighted by atomic mass is 19.1. The van der Waals surface area contributed by atoms with Gasteiger partial charge in [-0.2, -0.15) is 5.10 Å². The van der Waals surface area contributed by atoms with Crippen LogP contribution in [0, 0.1) is 24.6 Å². The molecule has 6 rings (SSSR count). The lowest BCUT2D eigenvalue weighted by molar-refractivity contribution is 0.0557. The molecule has 2 fully saturated rings. The van der Waals surface area contributed by atoms with E-state index >= 15 is 4.39 Å². The van der Waals surface area contributed by atoms with Gasteiger partial charge in [0.1, 0.15) is 6.33 Å². The molecule has 0 bridgehead atoms. The Kier molecular flexibility index (Phi) is 6.28. The van der Waals surface area contributed by atoms with Crippen molar-refractivity contribution in [3.8, 4) is 11.3 Å². The van der Waals surface area contributed by atoms with Crippen LogP contribution in [0.15, 0.2) is 24.8 Å². The van der Waals surface area contributed by atoms with Crippen molar-refractivity contribution in [2.45, 2.75) is 77.6 Å². The summed E-state index contributed by atoms with van der Waals surface area (Å²) in [6, 6.07) is 2.10. The summed E-state index contributed by atoms with van der Waals surface area (Å²) in [5.74, 6) is 1.79. The van der Waals surface area contributed by atoms with Crippen LogP contribution in [0.1, 0.15) is 87.4 Å². The van der Waals surface area contributed by atoms with Gasteiger partial charge in [0, 0.05) is 36.3 Å². The largest absolute Gasteiger partial charge is 0.381 e. The molecule has 5 heterocycles. The quantitative estimate of drug-likeness (QED) is 0.330. The van der Waals surface area contributed by atoms with Crippen LogP contribution in [0.3, 0.4) is 0 Å². The molecule has 0 spiro atoms. The summed E-state index contributed by atoms with van der Waals surface area (Å²) < 4.78 is 23.6. The predicted molar refractivity (Wildman–Crippen MR) is 140 cm³/mol. The average Bonchev–Trinajstić information content (AvgIpc) is 3.51. The van der Waals surface area contributed by atoms with E-state index in [9.17, 15) is 0 Å². The number of fused-ring (bicyclic) bond motifs is 2. The molecule has 0 unspecified atom stereocenters. The van der Waals surface area contributed by atoms with Crippen LogP contribution in [0.2, 0.25) is 0 Å². The van der Waals surface area contributed by atoms with Crippen LogP contribution >= 0.6 is 0 Å². The van der Waals surface area contributed by atoms with Crippen LogP contribution in [-0.4, -0.2) is 37.8 Å². The lowest BCUT2D eigenvalue weighted by Crippen LogP contribution is -2.22. The third kappa shape index (κ3) is 4.21. The van der Waals surface area contributed by atoms with Crippen LogP contribution in [0.4, 0.5) is 4.39 Å². The summed E-state index contributed by atoms with van der Waals surface area (Å²) in [6.07, 6.45) is 13.5. The maximum absolute atomic E-state index is 16.2. The molecular formula is C29H36FN5O. The summed E-state index contributed by atoms with van der Waals surface area (Å²) in [6.45, 7) is 8.13. The minimum atomic E-state index is -0.134. The maximum atomic E-state index is 16.2. The number of halogens is 1. The first-order valence-electron chi connectivity index (χ1n) is 13.6. The summed E-state index contributed by atoms with van der Waals surface area (Å²) in [5.41, 5.74) is 6.23. The van der Waals surface area contributed by atoms with Gasteiger partial charge in [-0.3, -0.25) is 4.98 Å². The van der Waals surface area contributed by atoms with E-state index < -0.39 is 0 Å². The van der Waals surface area contributed by atoms with Gasteiger partial charge in [0.25, 0.3) is 0 Å². The van der Waals surface area contributed by atoms with E-state index in [2.05, 4.69) is 40.0 Å². The molecule has 0 aromatic carbocycles. The van der Waals surface area contributed by atoms with Crippen molar-refractivity contribution >= 4 is 16.6 Å². The molecule has 0 radical (unpaired) electrons. The molecule has 0 amide bonds. The van der Waals surface area contributed by atoms with E-state index in [1.807, 2.05) is 19.3 Å². The molecule has 6 nitrogen and oxygen atoms in total. The Morgan fingerprint density at radius 2 is 1.83 bits per heavy atom. The normalized spacial score (nSPS) is 21.7. The predicted octanol–water partition coefficient (Wildman–Crippen LogP) is 6.93. The monoisotopic (exact) mass is 489 g/mol. The number of hydrogen-bond donors (Lipinski definition) is 1. The summed E-state index contributed by atoms with van der Waals surface area (Å²) in [5, 5.41) is 5.03. The molecule has 4 aromatic heterocycles. The molecule has 0 atom stereocenters. The zero-order valence-corrected chi connectivity index (χ0v) is 21.6. The molecule has 1 aliphatic carbocycles. The second-order valence-corrected chi connectivity index (χ2v) is 11.3. The van der Waals surface area contributed by atoms with Gasteiger partial charge < -0.3 is 9.72 Å². The number of ether oxygens (including phenoxy) is 1. The third-order valence-corrected chi connectivity index (χ3v) is 8.51. The second-order valence-electron chi connectivity index (χ2n) is 11.3. The van der Waals surface area contributed by atoms with E-state index in [-0.39, 0.29) is 17.7 Å². The minimum absolute atomic E-state index is 0.134. The first-order valence-corrected chi connectivity index (χ1v) is 13.6. The molecule has 4 aromatic rings. The molecule has 1 N–H and O–H groups in total. The fourth-order valence-electron chi connectivity index (χ4n) is 6.63. The van der Waals surface area contributed by atoms with Crippen LogP contribution in [-0.2, 0) is 4.74 Å². The topological polar surface area (TPSA) is 68.1 Å². The fraction of sp³-hybridized carbons (Fsp3) is 0.552. The Morgan fingerprint density at radius 3 is 2.58 bits per heavy atom. The number of rotatable bonds is 5. The van der Waals surface area contributed by atoms with E-state index in [1.165, 1.54) is 32.1 Å². The van der Waals surface area contributed by atoms with Crippen molar-refractivity contribution in [2.24, 2.45) is 11.8 Å². The maximum Gasteiger partial charge on any atom is 0.158 e. The highest BCUT2D eigenvalue weighted by Crippen LogP contribution is 2.43. The lowest BCUT2D eigenvalue weighted by Gasteiger charge is -2.32. The molecule has 1 saturated carbocycles. The average molecular weight is 490 g/mol. The third-order valence-electron chi connectivity index (χ3n) is 8.51. The van der Waals surface area contributed by atoms with Crippen molar-refractivity contribution in [1.29, 1.82) is 0 Å². The van der Waals surface area contributed by atoms with Crippen LogP contribution < -0.4 is 0 Å². The Labute approximate surface area is 211 Å². The lowest BCUT2D eigenvalue weighted by atomic mass is 9.75. The van der Waals surface area contributed by atoms with Gasteiger partial charge in [0.15, 0.2) is 11.5 Å². The Bertz CT molecular complexity index is 1380. The van der Waals surface area contributed by atoms with E-state index in [4.69, 9.17) is 4.74 Å². The summed E-state index contributed by atoms with van der Waals surface area (Å²) in [4.78, 5) is 12.5. The Balaban J connectivity index is 1.31. The highest BCUT2D eigenvalue weighted by Gasteiger charge is 2.30. The van der Waals surface area contributed by atoms with Gasteiger partial charge in [0.05, 0.1) is 23.1 Å². The van der Waals surface area contributed by atoms with Crippen molar-refractivity contribution in [3.63, 3.8) is 0 Å². The zero-order chi connectivity index (χ0) is 24.8. The minimum Gasteiger partial charge on any atom is -0.381 e. The van der Waals surface area contributed by atoms with Gasteiger partial charge in [-0.25, -0.2) is 13.9 Å². The number of nitrogens with zero attached hydrogens (tertiary/aromatic N) is 4. The molecule has 7 heteroatoms. The van der Waals surface area contributed by atoms with E-state index in [1.54, 1.807) is 10.8 Å². The van der Waals surface area contributed by atoms with Crippen molar-refractivity contribution < 1.29 is 9.13 Å². The number of aryl methyl sites for hydroxylation is 1. The number of aromatic nitrogens is 5. The van der Waals surface area contributed by atoms with Crippen LogP contribution in [0.5, 0.6) is 0 Å². The zero-order valence-electron chi connectivity index (χ0n) is 21.6.